The molecule has 0 radical (unpaired) electrons. The van der Waals surface area contributed by atoms with Gasteiger partial charge in [-0.25, -0.2) is 4.85 Å². The van der Waals surface area contributed by atoms with Crippen LogP contribution in [0.2, 0.25) is 5.02 Å². The van der Waals surface area contributed by atoms with Gasteiger partial charge < -0.3 is 0 Å². The van der Waals surface area contributed by atoms with Crippen LogP contribution in [-0.4, -0.2) is 5.78 Å². The maximum atomic E-state index is 11.9. The van der Waals surface area contributed by atoms with Crippen molar-refractivity contribution in [2.45, 2.75) is 19.3 Å². The fraction of sp³-hybridized carbons (Fsp3) is 0.176. The molecule has 0 amide bonds. The predicted octanol–water partition coefficient (Wildman–Crippen LogP) is 4.81. The third-order valence-electron chi connectivity index (χ3n) is 3.25. The van der Waals surface area contributed by atoms with E-state index in [4.69, 9.17) is 18.2 Å². The molecule has 0 bridgehead atoms. The number of hydrogen-bond donors (Lipinski definition) is 0. The summed E-state index contributed by atoms with van der Waals surface area (Å²) >= 11 is 5.87. The van der Waals surface area contributed by atoms with Crippen LogP contribution in [0.5, 0.6) is 0 Å². The van der Waals surface area contributed by atoms with Crippen molar-refractivity contribution in [3.8, 4) is 0 Å². The van der Waals surface area contributed by atoms with Gasteiger partial charge in [0, 0.05) is 10.9 Å². The van der Waals surface area contributed by atoms with Gasteiger partial charge in [0.05, 0.1) is 6.57 Å². The largest absolute Gasteiger partial charge is 0.299 e. The van der Waals surface area contributed by atoms with Gasteiger partial charge in [0.1, 0.15) is 5.78 Å². The first-order valence-electron chi connectivity index (χ1n) is 6.32. The van der Waals surface area contributed by atoms with Crippen molar-refractivity contribution in [3.63, 3.8) is 0 Å². The highest BCUT2D eigenvalue weighted by molar-refractivity contribution is 6.30. The summed E-state index contributed by atoms with van der Waals surface area (Å²) in [4.78, 5) is 15.3. The second-order valence-electron chi connectivity index (χ2n) is 4.70. The Morgan fingerprint density at radius 3 is 2.55 bits per heavy atom. The number of benzene rings is 2. The molecule has 20 heavy (non-hydrogen) atoms. The van der Waals surface area contributed by atoms with E-state index in [-0.39, 0.29) is 11.7 Å². The molecular weight excluding hydrogens is 270 g/mol. The normalized spacial score (nSPS) is 11.7. The Morgan fingerprint density at radius 1 is 1.25 bits per heavy atom. The summed E-state index contributed by atoms with van der Waals surface area (Å²) in [6.45, 7) is 8.65. The lowest BCUT2D eigenvalue weighted by Gasteiger charge is -2.15. The van der Waals surface area contributed by atoms with Gasteiger partial charge in [-0.05, 0) is 36.6 Å². The highest BCUT2D eigenvalue weighted by Crippen LogP contribution is 2.26. The van der Waals surface area contributed by atoms with E-state index < -0.39 is 0 Å². The van der Waals surface area contributed by atoms with Gasteiger partial charge in [-0.3, -0.25) is 4.79 Å². The van der Waals surface area contributed by atoms with E-state index in [1.807, 2.05) is 36.4 Å². The molecular formula is C17H14ClNO. The number of halogens is 1. The summed E-state index contributed by atoms with van der Waals surface area (Å²) in [5, 5.41) is 0.683. The molecule has 0 aliphatic carbocycles. The molecule has 0 spiro atoms. The first-order valence-corrected chi connectivity index (χ1v) is 6.70. The van der Waals surface area contributed by atoms with Crippen molar-refractivity contribution in [3.05, 3.63) is 76.1 Å². The number of Topliss-reactive ketones (excluding diaryl/α,β-unsaturated/α-hetero) is 1. The lowest BCUT2D eigenvalue weighted by Crippen LogP contribution is -2.11. The van der Waals surface area contributed by atoms with Crippen molar-refractivity contribution in [2.75, 3.05) is 0 Å². The van der Waals surface area contributed by atoms with E-state index in [2.05, 4.69) is 4.85 Å². The molecule has 0 aromatic heterocycles. The Kier molecular flexibility index (Phi) is 4.55. The van der Waals surface area contributed by atoms with Crippen LogP contribution in [0.1, 0.15) is 24.0 Å². The quantitative estimate of drug-likeness (QED) is 0.738. The van der Waals surface area contributed by atoms with Crippen LogP contribution >= 0.6 is 11.6 Å². The number of hydrogen-bond acceptors (Lipinski definition) is 1. The van der Waals surface area contributed by atoms with Gasteiger partial charge in [-0.2, -0.15) is 0 Å². The summed E-state index contributed by atoms with van der Waals surface area (Å²) < 4.78 is 0. The SMILES string of the molecule is [C-]#[N+]c1cccc(C(Cc2ccc(Cl)cc2)C(C)=O)c1. The molecule has 0 saturated carbocycles. The second kappa shape index (κ2) is 6.36. The van der Waals surface area contributed by atoms with Crippen LogP contribution in [0, 0.1) is 6.57 Å². The van der Waals surface area contributed by atoms with Crippen molar-refractivity contribution < 1.29 is 4.79 Å². The third-order valence-corrected chi connectivity index (χ3v) is 3.50. The zero-order chi connectivity index (χ0) is 14.5. The van der Waals surface area contributed by atoms with Gasteiger partial charge in [-0.15, -0.1) is 0 Å². The van der Waals surface area contributed by atoms with Gasteiger partial charge in [0.15, 0.2) is 5.69 Å². The Balaban J connectivity index is 2.29. The van der Waals surface area contributed by atoms with Gasteiger partial charge in [0.2, 0.25) is 0 Å². The lowest BCUT2D eigenvalue weighted by molar-refractivity contribution is -0.118. The summed E-state index contributed by atoms with van der Waals surface area (Å²) in [6.07, 6.45) is 0.619. The van der Waals surface area contributed by atoms with Crippen molar-refractivity contribution in [1.82, 2.24) is 0 Å². The zero-order valence-electron chi connectivity index (χ0n) is 11.1. The summed E-state index contributed by atoms with van der Waals surface area (Å²) in [6, 6.07) is 14.8. The van der Waals surface area contributed by atoms with E-state index >= 15 is 0 Å². The van der Waals surface area contributed by atoms with Crippen molar-refractivity contribution >= 4 is 23.1 Å². The first kappa shape index (κ1) is 14.3. The molecule has 0 saturated heterocycles. The van der Waals surface area contributed by atoms with Crippen LogP contribution in [0.25, 0.3) is 4.85 Å². The Hall–Kier alpha value is -2.11. The molecule has 0 N–H and O–H groups in total. The first-order chi connectivity index (χ1) is 9.60. The molecule has 100 valence electrons. The Bertz CT molecular complexity index is 655. The Labute approximate surface area is 123 Å². The number of carbonyl (C=O) groups excluding carboxylic acids is 1. The lowest BCUT2D eigenvalue weighted by atomic mass is 9.89. The van der Waals surface area contributed by atoms with Gasteiger partial charge in [-0.1, -0.05) is 48.0 Å². The van der Waals surface area contributed by atoms with E-state index in [0.717, 1.165) is 11.1 Å². The molecule has 2 nitrogen and oxygen atoms in total. The van der Waals surface area contributed by atoms with E-state index in [9.17, 15) is 4.79 Å². The van der Waals surface area contributed by atoms with Gasteiger partial charge >= 0.3 is 0 Å². The molecule has 3 heteroatoms. The minimum atomic E-state index is -0.224. The van der Waals surface area contributed by atoms with Crippen molar-refractivity contribution in [1.29, 1.82) is 0 Å². The van der Waals surface area contributed by atoms with E-state index in [0.29, 0.717) is 17.1 Å². The monoisotopic (exact) mass is 283 g/mol. The smallest absolute Gasteiger partial charge is 0.187 e. The number of nitrogens with zero attached hydrogens (tertiary/aromatic N) is 1. The maximum absolute atomic E-state index is 11.9. The van der Waals surface area contributed by atoms with Crippen LogP contribution in [0.4, 0.5) is 5.69 Å². The molecule has 0 fully saturated rings. The van der Waals surface area contributed by atoms with Crippen LogP contribution in [-0.2, 0) is 11.2 Å². The van der Waals surface area contributed by atoms with Gasteiger partial charge in [0.25, 0.3) is 0 Å². The molecule has 1 atom stereocenters. The molecule has 2 aromatic carbocycles. The zero-order valence-corrected chi connectivity index (χ0v) is 11.9. The molecule has 0 aliphatic rings. The third kappa shape index (κ3) is 3.46. The van der Waals surface area contributed by atoms with Crippen LogP contribution in [0.3, 0.4) is 0 Å². The highest BCUT2D eigenvalue weighted by Gasteiger charge is 2.17. The number of ketones is 1. The van der Waals surface area contributed by atoms with Crippen molar-refractivity contribution in [2.24, 2.45) is 0 Å². The van der Waals surface area contributed by atoms with E-state index in [1.54, 1.807) is 19.1 Å². The van der Waals surface area contributed by atoms with Crippen LogP contribution in [0.15, 0.2) is 48.5 Å². The highest BCUT2D eigenvalue weighted by atomic mass is 35.5. The standard InChI is InChI=1S/C17H14ClNO/c1-12(20)17(10-13-6-8-15(18)9-7-13)14-4-3-5-16(11-14)19-2/h3-9,11,17H,10H2,1H3. The summed E-state index contributed by atoms with van der Waals surface area (Å²) in [7, 11) is 0. The number of carbonyl (C=O) groups is 1. The molecule has 0 heterocycles. The topological polar surface area (TPSA) is 21.4 Å². The fourth-order valence-electron chi connectivity index (χ4n) is 2.16. The fourth-order valence-corrected chi connectivity index (χ4v) is 2.29. The molecule has 2 rings (SSSR count). The minimum Gasteiger partial charge on any atom is -0.299 e. The van der Waals surface area contributed by atoms with E-state index in [1.165, 1.54) is 0 Å². The Morgan fingerprint density at radius 2 is 1.95 bits per heavy atom. The summed E-state index contributed by atoms with van der Waals surface area (Å²) in [5.74, 6) is -0.125. The van der Waals surface area contributed by atoms with Crippen LogP contribution < -0.4 is 0 Å². The number of rotatable bonds is 4. The maximum Gasteiger partial charge on any atom is 0.187 e. The summed E-state index contributed by atoms with van der Waals surface area (Å²) in [5.41, 5.74) is 2.51. The molecule has 0 aliphatic heterocycles. The average molecular weight is 284 g/mol. The predicted molar refractivity (Wildman–Crippen MR) is 81.3 cm³/mol. The average Bonchev–Trinajstić information content (AvgIpc) is 2.46. The second-order valence-corrected chi connectivity index (χ2v) is 5.14. The molecule has 2 aromatic rings. The molecule has 1 unspecified atom stereocenters. The minimum absolute atomic E-state index is 0.0991.